The van der Waals surface area contributed by atoms with Gasteiger partial charge in [0, 0.05) is 43.5 Å². The average molecular weight is 517 g/mol. The molecule has 200 valence electrons. The second kappa shape index (κ2) is 11.3. The summed E-state index contributed by atoms with van der Waals surface area (Å²) in [6.45, 7) is 7.32. The molecule has 1 saturated carbocycles. The number of urea groups is 1. The van der Waals surface area contributed by atoms with Crippen LogP contribution < -0.4 is 10.6 Å². The van der Waals surface area contributed by atoms with Gasteiger partial charge in [-0.15, -0.1) is 0 Å². The van der Waals surface area contributed by atoms with E-state index in [1.54, 1.807) is 0 Å². The summed E-state index contributed by atoms with van der Waals surface area (Å²) in [6.07, 6.45) is 0.999. The minimum absolute atomic E-state index is 0.0176. The maximum atomic E-state index is 12.8. The summed E-state index contributed by atoms with van der Waals surface area (Å²) in [5.41, 5.74) is 2.11. The smallest absolute Gasteiger partial charge is 0.328 e. The molecule has 0 bridgehead atoms. The van der Waals surface area contributed by atoms with Gasteiger partial charge in [0.2, 0.25) is 0 Å². The van der Waals surface area contributed by atoms with Crippen molar-refractivity contribution in [3.8, 4) is 0 Å². The first kappa shape index (κ1) is 25.9. The third kappa shape index (κ3) is 5.88. The molecular weight excluding hydrogens is 480 g/mol. The van der Waals surface area contributed by atoms with Gasteiger partial charge in [-0.25, -0.2) is 19.6 Å². The van der Waals surface area contributed by atoms with E-state index in [0.717, 1.165) is 30.4 Å². The van der Waals surface area contributed by atoms with Crippen LogP contribution >= 0.6 is 0 Å². The van der Waals surface area contributed by atoms with Crippen molar-refractivity contribution < 1.29 is 14.3 Å². The third-order valence-electron chi connectivity index (χ3n) is 7.42. The number of hydrogen-bond donors (Lipinski definition) is 2. The Balaban J connectivity index is 1.20. The highest BCUT2D eigenvalue weighted by Gasteiger charge is 2.40. The standard InChI is InChI=1S/C29H36N6O3/c1-19(2)26(28(36)38-3)33-27-21-11-7-8-12-23(21)30-25(32-27)18-34-13-15-35(16-14-34)29(37)31-24-17-22(24)20-9-5-4-6-10-20/h4-12,19,22,24,26H,13-18H2,1-3H3,(H,31,37)(H,30,32,33)/t22-,24+,26-/m0/s1. The molecule has 5 rings (SSSR count). The van der Waals surface area contributed by atoms with Crippen molar-refractivity contribution in [3.05, 3.63) is 66.0 Å². The fourth-order valence-electron chi connectivity index (χ4n) is 5.06. The fourth-order valence-corrected chi connectivity index (χ4v) is 5.06. The number of fused-ring (bicyclic) bond motifs is 1. The van der Waals surface area contributed by atoms with Crippen molar-refractivity contribution in [1.82, 2.24) is 25.1 Å². The molecular formula is C29H36N6O3. The van der Waals surface area contributed by atoms with E-state index in [0.29, 0.717) is 37.2 Å². The largest absolute Gasteiger partial charge is 0.467 e. The minimum Gasteiger partial charge on any atom is -0.467 e. The summed E-state index contributed by atoms with van der Waals surface area (Å²) in [7, 11) is 1.40. The van der Waals surface area contributed by atoms with Crippen LogP contribution in [0.5, 0.6) is 0 Å². The summed E-state index contributed by atoms with van der Waals surface area (Å²) >= 11 is 0. The Morgan fingerprint density at radius 3 is 2.42 bits per heavy atom. The number of para-hydroxylation sites is 1. The van der Waals surface area contributed by atoms with Gasteiger partial charge in [-0.3, -0.25) is 4.90 Å². The van der Waals surface area contributed by atoms with E-state index in [-0.39, 0.29) is 24.0 Å². The predicted molar refractivity (Wildman–Crippen MR) is 147 cm³/mol. The molecule has 9 nitrogen and oxygen atoms in total. The Morgan fingerprint density at radius 2 is 1.71 bits per heavy atom. The van der Waals surface area contributed by atoms with E-state index in [2.05, 4.69) is 27.7 Å². The van der Waals surface area contributed by atoms with Gasteiger partial charge in [-0.05, 0) is 30.0 Å². The summed E-state index contributed by atoms with van der Waals surface area (Å²) in [4.78, 5) is 39.0. The highest BCUT2D eigenvalue weighted by atomic mass is 16.5. The molecule has 0 spiro atoms. The van der Waals surface area contributed by atoms with Crippen LogP contribution in [0.25, 0.3) is 10.9 Å². The first-order chi connectivity index (χ1) is 18.4. The van der Waals surface area contributed by atoms with Gasteiger partial charge < -0.3 is 20.3 Å². The van der Waals surface area contributed by atoms with Crippen molar-refractivity contribution >= 4 is 28.7 Å². The molecule has 0 radical (unpaired) electrons. The monoisotopic (exact) mass is 516 g/mol. The summed E-state index contributed by atoms with van der Waals surface area (Å²) in [5, 5.41) is 7.37. The van der Waals surface area contributed by atoms with Gasteiger partial charge in [0.1, 0.15) is 17.7 Å². The topological polar surface area (TPSA) is 99.7 Å². The summed E-state index contributed by atoms with van der Waals surface area (Å²) < 4.78 is 5.00. The Hall–Kier alpha value is -3.72. The number of rotatable bonds is 8. The lowest BCUT2D eigenvalue weighted by molar-refractivity contribution is -0.142. The lowest BCUT2D eigenvalue weighted by Crippen LogP contribution is -2.52. The van der Waals surface area contributed by atoms with Crippen LogP contribution in [0.1, 0.15) is 37.6 Å². The number of nitrogens with one attached hydrogen (secondary N) is 2. The molecule has 3 atom stereocenters. The molecule has 1 aliphatic heterocycles. The number of benzene rings is 2. The van der Waals surface area contributed by atoms with Gasteiger partial charge in [0.05, 0.1) is 19.2 Å². The van der Waals surface area contributed by atoms with Crippen LogP contribution in [-0.2, 0) is 16.1 Å². The number of piperazine rings is 1. The van der Waals surface area contributed by atoms with E-state index in [1.807, 2.05) is 61.2 Å². The molecule has 3 aromatic rings. The van der Waals surface area contributed by atoms with Gasteiger partial charge >= 0.3 is 12.0 Å². The zero-order valence-electron chi connectivity index (χ0n) is 22.3. The van der Waals surface area contributed by atoms with Crippen molar-refractivity contribution in [2.24, 2.45) is 5.92 Å². The van der Waals surface area contributed by atoms with E-state index in [4.69, 9.17) is 14.7 Å². The lowest BCUT2D eigenvalue weighted by Gasteiger charge is -2.34. The van der Waals surface area contributed by atoms with Crippen molar-refractivity contribution in [1.29, 1.82) is 0 Å². The molecule has 2 heterocycles. The number of esters is 1. The Bertz CT molecular complexity index is 1280. The van der Waals surface area contributed by atoms with Crippen LogP contribution in [0, 0.1) is 5.92 Å². The van der Waals surface area contributed by atoms with Gasteiger partial charge in [-0.2, -0.15) is 0 Å². The van der Waals surface area contributed by atoms with Crippen LogP contribution in [0.3, 0.4) is 0 Å². The fraction of sp³-hybridized carbons (Fsp3) is 0.448. The van der Waals surface area contributed by atoms with Crippen molar-refractivity contribution in [3.63, 3.8) is 0 Å². The molecule has 1 saturated heterocycles. The van der Waals surface area contributed by atoms with E-state index in [1.165, 1.54) is 12.7 Å². The van der Waals surface area contributed by atoms with Gasteiger partial charge in [0.25, 0.3) is 0 Å². The average Bonchev–Trinajstić information content (AvgIpc) is 3.71. The first-order valence-electron chi connectivity index (χ1n) is 13.4. The second-order valence-electron chi connectivity index (χ2n) is 10.5. The molecule has 2 N–H and O–H groups in total. The molecule has 2 aliphatic rings. The Labute approximate surface area is 223 Å². The molecule has 1 aliphatic carbocycles. The zero-order chi connectivity index (χ0) is 26.6. The highest BCUT2D eigenvalue weighted by molar-refractivity contribution is 5.91. The predicted octanol–water partition coefficient (Wildman–Crippen LogP) is 3.62. The number of hydrogen-bond acceptors (Lipinski definition) is 7. The van der Waals surface area contributed by atoms with Crippen LogP contribution in [-0.4, -0.2) is 77.1 Å². The quantitative estimate of drug-likeness (QED) is 0.441. The third-order valence-corrected chi connectivity index (χ3v) is 7.42. The van der Waals surface area contributed by atoms with Crippen LogP contribution in [0.4, 0.5) is 10.6 Å². The number of methoxy groups -OCH3 is 1. The number of nitrogens with zero attached hydrogens (tertiary/aromatic N) is 4. The molecule has 38 heavy (non-hydrogen) atoms. The second-order valence-corrected chi connectivity index (χ2v) is 10.5. The number of carbonyl (C=O) groups is 2. The van der Waals surface area contributed by atoms with Gasteiger partial charge in [0.15, 0.2) is 0 Å². The molecule has 1 aromatic heterocycles. The normalized spacial score (nSPS) is 20.3. The number of ether oxygens (including phenoxy) is 1. The molecule has 2 fully saturated rings. The maximum Gasteiger partial charge on any atom is 0.328 e. The SMILES string of the molecule is COC(=O)[C@@H](Nc1nc(CN2CCN(C(=O)N[C@@H]3C[C@H]3c3ccccc3)CC2)nc2ccccc12)C(C)C. The van der Waals surface area contributed by atoms with Crippen LogP contribution in [0.15, 0.2) is 54.6 Å². The zero-order valence-corrected chi connectivity index (χ0v) is 22.3. The van der Waals surface area contributed by atoms with E-state index >= 15 is 0 Å². The maximum absolute atomic E-state index is 12.8. The molecule has 2 amide bonds. The number of amides is 2. The summed E-state index contributed by atoms with van der Waals surface area (Å²) in [5.74, 6) is 1.44. The molecule has 2 aromatic carbocycles. The number of aromatic nitrogens is 2. The van der Waals surface area contributed by atoms with E-state index in [9.17, 15) is 9.59 Å². The van der Waals surface area contributed by atoms with E-state index < -0.39 is 6.04 Å². The van der Waals surface area contributed by atoms with Crippen molar-refractivity contribution in [2.45, 2.75) is 44.8 Å². The first-order valence-corrected chi connectivity index (χ1v) is 13.4. The number of anilines is 1. The molecule has 9 heteroatoms. The van der Waals surface area contributed by atoms with Crippen LogP contribution in [0.2, 0.25) is 0 Å². The van der Waals surface area contributed by atoms with Gasteiger partial charge in [-0.1, -0.05) is 56.3 Å². The lowest BCUT2D eigenvalue weighted by atomic mass is 10.0. The molecule has 0 unspecified atom stereocenters. The number of carbonyl (C=O) groups excluding carboxylic acids is 2. The highest BCUT2D eigenvalue weighted by Crippen LogP contribution is 2.40. The summed E-state index contributed by atoms with van der Waals surface area (Å²) in [6, 6.07) is 17.9. The Morgan fingerprint density at radius 1 is 1.00 bits per heavy atom. The minimum atomic E-state index is -0.513. The van der Waals surface area contributed by atoms with Crippen molar-refractivity contribution in [2.75, 3.05) is 38.6 Å². The Kier molecular flexibility index (Phi) is 7.74.